The van der Waals surface area contributed by atoms with E-state index in [4.69, 9.17) is 4.74 Å². The highest BCUT2D eigenvalue weighted by Crippen LogP contribution is 2.31. The van der Waals surface area contributed by atoms with Crippen LogP contribution in [0.3, 0.4) is 0 Å². The lowest BCUT2D eigenvalue weighted by atomic mass is 10.1. The molecule has 4 N–H and O–H groups in total. The third kappa shape index (κ3) is 3.08. The Hall–Kier alpha value is -2.79. The van der Waals surface area contributed by atoms with Gasteiger partial charge in [0.05, 0.1) is 6.61 Å². The lowest BCUT2D eigenvalue weighted by Gasteiger charge is -2.11. The number of benzene rings is 1. The zero-order chi connectivity index (χ0) is 19.0. The summed E-state index contributed by atoms with van der Waals surface area (Å²) >= 11 is 0. The minimum Gasteiger partial charge on any atom is -0.710 e. The van der Waals surface area contributed by atoms with E-state index in [0.717, 1.165) is 5.56 Å². The summed E-state index contributed by atoms with van der Waals surface area (Å²) in [5.74, 6) is 0.337. The topological polar surface area (TPSA) is 140 Å². The van der Waals surface area contributed by atoms with Gasteiger partial charge < -0.3 is 30.6 Å². The van der Waals surface area contributed by atoms with Gasteiger partial charge in [-0.3, -0.25) is 0 Å². The summed E-state index contributed by atoms with van der Waals surface area (Å²) in [7, 11) is 0. The molecule has 10 nitrogen and oxygen atoms in total. The summed E-state index contributed by atoms with van der Waals surface area (Å²) < 4.78 is 7.41. The molecule has 1 aliphatic rings. The van der Waals surface area contributed by atoms with Crippen molar-refractivity contribution in [1.82, 2.24) is 14.5 Å². The van der Waals surface area contributed by atoms with E-state index in [9.17, 15) is 20.5 Å². The van der Waals surface area contributed by atoms with Crippen LogP contribution in [-0.4, -0.2) is 54.8 Å². The Labute approximate surface area is 153 Å². The van der Waals surface area contributed by atoms with Crippen LogP contribution in [-0.2, 0) is 11.3 Å². The van der Waals surface area contributed by atoms with Gasteiger partial charge >= 0.3 is 0 Å². The smallest absolute Gasteiger partial charge is 0.276 e. The highest BCUT2D eigenvalue weighted by atomic mass is 16.6. The van der Waals surface area contributed by atoms with Crippen molar-refractivity contribution in [2.24, 2.45) is 0 Å². The molecule has 3 heterocycles. The SMILES string of the molecule is [O-][n+]1cn([C@@H]2O[C@H](CO)[C@@H](O)[C@H]2O)c2ncnc(NCc3ccccc3)c21. The maximum Gasteiger partial charge on any atom is 0.276 e. The second-order valence-electron chi connectivity index (χ2n) is 6.31. The average molecular weight is 373 g/mol. The van der Waals surface area contributed by atoms with Gasteiger partial charge in [-0.15, -0.1) is 0 Å². The monoisotopic (exact) mass is 373 g/mol. The maximum absolute atomic E-state index is 12.5. The van der Waals surface area contributed by atoms with Crippen molar-refractivity contribution in [2.75, 3.05) is 11.9 Å². The number of nitrogens with zero attached hydrogens (tertiary/aromatic N) is 4. The molecule has 10 heteroatoms. The summed E-state index contributed by atoms with van der Waals surface area (Å²) in [6.45, 7) is 0.0101. The van der Waals surface area contributed by atoms with E-state index < -0.39 is 31.1 Å². The molecule has 1 fully saturated rings. The Morgan fingerprint density at radius 2 is 1.96 bits per heavy atom. The fourth-order valence-electron chi connectivity index (χ4n) is 3.19. The first-order valence-corrected chi connectivity index (χ1v) is 8.45. The molecule has 142 valence electrons. The van der Waals surface area contributed by atoms with Crippen molar-refractivity contribution < 1.29 is 24.8 Å². The van der Waals surface area contributed by atoms with Crippen molar-refractivity contribution >= 4 is 17.0 Å². The molecule has 0 spiro atoms. The van der Waals surface area contributed by atoms with Crippen LogP contribution in [0, 0.1) is 5.21 Å². The summed E-state index contributed by atoms with van der Waals surface area (Å²) in [6.07, 6.45) is -2.10. The van der Waals surface area contributed by atoms with Crippen LogP contribution in [0.15, 0.2) is 43.0 Å². The molecular weight excluding hydrogens is 354 g/mol. The molecule has 0 bridgehead atoms. The Morgan fingerprint density at radius 3 is 2.67 bits per heavy atom. The fraction of sp³-hybridized carbons (Fsp3) is 0.353. The Bertz CT molecular complexity index is 934. The quantitative estimate of drug-likeness (QED) is 0.340. The second-order valence-corrected chi connectivity index (χ2v) is 6.31. The van der Waals surface area contributed by atoms with Gasteiger partial charge in [0.1, 0.15) is 24.6 Å². The predicted molar refractivity (Wildman–Crippen MR) is 93.3 cm³/mol. The van der Waals surface area contributed by atoms with Gasteiger partial charge in [0.15, 0.2) is 5.82 Å². The van der Waals surface area contributed by atoms with Crippen molar-refractivity contribution in [2.45, 2.75) is 31.1 Å². The van der Waals surface area contributed by atoms with Crippen LogP contribution in [0.4, 0.5) is 5.82 Å². The molecule has 27 heavy (non-hydrogen) atoms. The van der Waals surface area contributed by atoms with Crippen molar-refractivity contribution in [1.29, 1.82) is 0 Å². The molecule has 0 aliphatic carbocycles. The molecule has 1 aromatic carbocycles. The number of rotatable bonds is 5. The third-order valence-electron chi connectivity index (χ3n) is 4.59. The number of ether oxygens (including phenoxy) is 1. The zero-order valence-corrected chi connectivity index (χ0v) is 14.2. The minimum absolute atomic E-state index is 0.186. The number of nitrogens with one attached hydrogen (secondary N) is 1. The average Bonchev–Trinajstić information content (AvgIpc) is 3.18. The largest absolute Gasteiger partial charge is 0.710 e. The number of aliphatic hydroxyl groups excluding tert-OH is 3. The molecule has 2 aromatic heterocycles. The lowest BCUT2D eigenvalue weighted by molar-refractivity contribution is -0.578. The number of imidazole rings is 1. The Balaban J connectivity index is 1.67. The molecule has 3 aromatic rings. The van der Waals surface area contributed by atoms with Crippen molar-refractivity contribution in [3.05, 3.63) is 53.8 Å². The van der Waals surface area contributed by atoms with Crippen LogP contribution in [0.2, 0.25) is 0 Å². The van der Waals surface area contributed by atoms with E-state index in [2.05, 4.69) is 15.3 Å². The maximum atomic E-state index is 12.5. The van der Waals surface area contributed by atoms with Gasteiger partial charge in [-0.25, -0.2) is 9.71 Å². The molecule has 1 saturated heterocycles. The van der Waals surface area contributed by atoms with E-state index in [0.29, 0.717) is 17.1 Å². The van der Waals surface area contributed by atoms with Gasteiger partial charge in [-0.2, -0.15) is 9.55 Å². The summed E-state index contributed by atoms with van der Waals surface area (Å²) in [5, 5.41) is 45.0. The first-order chi connectivity index (χ1) is 13.1. The van der Waals surface area contributed by atoms with Gasteiger partial charge in [0.2, 0.25) is 11.7 Å². The molecular formula is C17H19N5O5. The number of hydrogen-bond acceptors (Lipinski definition) is 8. The molecule has 0 amide bonds. The van der Waals surface area contributed by atoms with Crippen molar-refractivity contribution in [3.8, 4) is 0 Å². The fourth-order valence-corrected chi connectivity index (χ4v) is 3.19. The van der Waals surface area contributed by atoms with Crippen LogP contribution < -0.4 is 10.0 Å². The summed E-state index contributed by atoms with van der Waals surface area (Å²) in [4.78, 5) is 8.27. The van der Waals surface area contributed by atoms with Crippen LogP contribution in [0.25, 0.3) is 11.2 Å². The third-order valence-corrected chi connectivity index (χ3v) is 4.59. The van der Waals surface area contributed by atoms with E-state index >= 15 is 0 Å². The number of anilines is 1. The molecule has 0 saturated carbocycles. The Kier molecular flexibility index (Phi) is 4.62. The standard InChI is InChI=1S/C17H19N5O5/c23-7-11-13(24)14(25)17(27-11)21-9-22(26)12-15(19-8-20-16(12)21)18-6-10-4-2-1-3-5-10/h1-5,8-9,11,13-14,17,23-25H,6-7H2,(H,18,19,20)/t11-,13-,14-,17-/m1/s1. The number of fused-ring (bicyclic) bond motifs is 1. The molecule has 0 radical (unpaired) electrons. The van der Waals surface area contributed by atoms with Crippen molar-refractivity contribution in [3.63, 3.8) is 0 Å². The first-order valence-electron chi connectivity index (χ1n) is 8.45. The van der Waals surface area contributed by atoms with E-state index in [-0.39, 0.29) is 11.2 Å². The number of hydrogen-bond donors (Lipinski definition) is 4. The normalized spacial score (nSPS) is 25.1. The number of aliphatic hydroxyl groups is 3. The molecule has 0 unspecified atom stereocenters. The van der Waals surface area contributed by atoms with Gasteiger partial charge in [-0.05, 0) is 5.56 Å². The predicted octanol–water partition coefficient (Wildman–Crippen LogP) is -0.712. The van der Waals surface area contributed by atoms with E-state index in [1.54, 1.807) is 0 Å². The highest BCUT2D eigenvalue weighted by molar-refractivity contribution is 5.79. The molecule has 1 aliphatic heterocycles. The highest BCUT2D eigenvalue weighted by Gasteiger charge is 2.47. The Morgan fingerprint density at radius 1 is 1.19 bits per heavy atom. The second kappa shape index (κ2) is 7.08. The van der Waals surface area contributed by atoms with E-state index in [1.807, 2.05) is 30.3 Å². The van der Waals surface area contributed by atoms with Gasteiger partial charge in [0, 0.05) is 6.54 Å². The van der Waals surface area contributed by atoms with Gasteiger partial charge in [0.25, 0.3) is 12.0 Å². The van der Waals surface area contributed by atoms with Gasteiger partial charge in [-0.1, -0.05) is 30.3 Å². The number of aromatic nitrogens is 4. The lowest BCUT2D eigenvalue weighted by Crippen LogP contribution is -2.33. The summed E-state index contributed by atoms with van der Waals surface area (Å²) in [5.41, 5.74) is 1.45. The zero-order valence-electron chi connectivity index (χ0n) is 14.2. The minimum atomic E-state index is -1.31. The van der Waals surface area contributed by atoms with Crippen LogP contribution in [0.1, 0.15) is 11.8 Å². The first kappa shape index (κ1) is 17.6. The molecule has 4 rings (SSSR count). The molecule has 4 atom stereocenters. The van der Waals surface area contributed by atoms with Crippen LogP contribution >= 0.6 is 0 Å². The summed E-state index contributed by atoms with van der Waals surface area (Å²) in [6, 6.07) is 9.64. The van der Waals surface area contributed by atoms with Crippen LogP contribution in [0.5, 0.6) is 0 Å². The van der Waals surface area contributed by atoms with E-state index in [1.165, 1.54) is 17.2 Å².